The predicted octanol–water partition coefficient (Wildman–Crippen LogP) is 7.30. The minimum Gasteiger partial charge on any atom is -0.496 e. The third kappa shape index (κ3) is 6.60. The Morgan fingerprint density at radius 1 is 1.12 bits per heavy atom. The lowest BCUT2D eigenvalue weighted by atomic mass is 9.84. The van der Waals surface area contributed by atoms with Crippen LogP contribution < -0.4 is 9.47 Å². The van der Waals surface area contributed by atoms with E-state index in [9.17, 15) is 14.4 Å². The minimum atomic E-state index is -0.846. The van der Waals surface area contributed by atoms with Gasteiger partial charge < -0.3 is 19.1 Å². The maximum Gasteiger partial charge on any atom is 0.313 e. The number of rotatable bonds is 7. The maximum absolute atomic E-state index is 14.2. The number of nitrogens with zero attached hydrogens (tertiary/aromatic N) is 3. The molecule has 1 amide bonds. The summed E-state index contributed by atoms with van der Waals surface area (Å²) in [6, 6.07) is 5.80. The summed E-state index contributed by atoms with van der Waals surface area (Å²) in [5.41, 5.74) is 2.52. The molecule has 2 aromatic heterocycles. The number of ether oxygens (including phenoxy) is 3. The number of methoxy groups -OCH3 is 1. The Labute approximate surface area is 287 Å². The largest absolute Gasteiger partial charge is 0.496 e. The van der Waals surface area contributed by atoms with Gasteiger partial charge in [0.2, 0.25) is 5.91 Å². The highest BCUT2D eigenvalue weighted by molar-refractivity contribution is 7.13. The first-order chi connectivity index (χ1) is 23.1. The SMILES string of the molecule is CCOC(=O)[C@]12CC(=O)[C@@H]3C[C@@H](Oc4cc(-c5nc(C(C)C)cs5)nc5c(C)c(OC)ccc45)C[C@H]3C(=O)N(C)CCCC/C=C\[C@@H]1C2. The second kappa shape index (κ2) is 14.0. The van der Waals surface area contributed by atoms with Gasteiger partial charge in [-0.2, -0.15) is 0 Å². The summed E-state index contributed by atoms with van der Waals surface area (Å²) in [5.74, 6) is 0.169. The van der Waals surface area contributed by atoms with Crippen LogP contribution in [0.5, 0.6) is 11.5 Å². The van der Waals surface area contributed by atoms with E-state index in [1.807, 2.05) is 32.2 Å². The van der Waals surface area contributed by atoms with Crippen molar-refractivity contribution in [2.45, 2.75) is 84.7 Å². The molecule has 1 aromatic carbocycles. The van der Waals surface area contributed by atoms with E-state index in [0.717, 1.165) is 52.2 Å². The Morgan fingerprint density at radius 3 is 2.65 bits per heavy atom. The molecule has 0 N–H and O–H groups in total. The van der Waals surface area contributed by atoms with Crippen LogP contribution in [0.2, 0.25) is 0 Å². The fraction of sp³-hybridized carbons (Fsp3) is 0.553. The zero-order valence-corrected chi connectivity index (χ0v) is 29.7. The van der Waals surface area contributed by atoms with E-state index in [2.05, 4.69) is 31.4 Å². The van der Waals surface area contributed by atoms with Crippen LogP contribution in [0.3, 0.4) is 0 Å². The highest BCUT2D eigenvalue weighted by atomic mass is 32.1. The third-order valence-corrected chi connectivity index (χ3v) is 11.3. The number of carbonyl (C=O) groups excluding carboxylic acids is 3. The van der Waals surface area contributed by atoms with Crippen LogP contribution in [0.4, 0.5) is 0 Å². The summed E-state index contributed by atoms with van der Waals surface area (Å²) in [6.45, 7) is 8.91. The molecule has 0 radical (unpaired) electrons. The van der Waals surface area contributed by atoms with Gasteiger partial charge in [-0.3, -0.25) is 14.4 Å². The van der Waals surface area contributed by atoms with E-state index in [1.165, 1.54) is 0 Å². The zero-order chi connectivity index (χ0) is 34.2. The molecular weight excluding hydrogens is 626 g/mol. The molecule has 10 heteroatoms. The van der Waals surface area contributed by atoms with Gasteiger partial charge in [-0.25, -0.2) is 9.97 Å². The van der Waals surface area contributed by atoms with Gasteiger partial charge in [-0.15, -0.1) is 11.3 Å². The Morgan fingerprint density at radius 2 is 1.92 bits per heavy atom. The maximum atomic E-state index is 14.2. The van der Waals surface area contributed by atoms with E-state index < -0.39 is 17.3 Å². The summed E-state index contributed by atoms with van der Waals surface area (Å²) in [4.78, 5) is 53.0. The van der Waals surface area contributed by atoms with E-state index in [-0.39, 0.29) is 48.6 Å². The van der Waals surface area contributed by atoms with Gasteiger partial charge in [0.15, 0.2) is 0 Å². The van der Waals surface area contributed by atoms with Gasteiger partial charge >= 0.3 is 5.97 Å². The summed E-state index contributed by atoms with van der Waals surface area (Å²) in [6.07, 6.45) is 8.02. The number of aryl methyl sites for hydroxylation is 1. The van der Waals surface area contributed by atoms with Crippen LogP contribution in [-0.2, 0) is 19.1 Å². The molecule has 48 heavy (non-hydrogen) atoms. The smallest absolute Gasteiger partial charge is 0.313 e. The number of amides is 1. The monoisotopic (exact) mass is 673 g/mol. The number of hydrogen-bond donors (Lipinski definition) is 0. The van der Waals surface area contributed by atoms with Crippen molar-refractivity contribution in [1.29, 1.82) is 0 Å². The topological polar surface area (TPSA) is 108 Å². The van der Waals surface area contributed by atoms with Crippen molar-refractivity contribution in [2.75, 3.05) is 27.3 Å². The normalized spacial score (nSPS) is 26.9. The van der Waals surface area contributed by atoms with Crippen LogP contribution in [-0.4, -0.2) is 65.9 Å². The number of ketones is 1. The highest BCUT2D eigenvalue weighted by Gasteiger charge is 2.61. The van der Waals surface area contributed by atoms with Crippen molar-refractivity contribution in [3.63, 3.8) is 0 Å². The molecule has 5 atom stereocenters. The van der Waals surface area contributed by atoms with Crippen molar-refractivity contribution in [3.05, 3.63) is 47.0 Å². The van der Waals surface area contributed by atoms with Crippen LogP contribution in [0.1, 0.15) is 82.9 Å². The Hall–Kier alpha value is -3.79. The van der Waals surface area contributed by atoms with Crippen molar-refractivity contribution < 1.29 is 28.6 Å². The van der Waals surface area contributed by atoms with Gasteiger partial charge in [0.25, 0.3) is 0 Å². The van der Waals surface area contributed by atoms with Crippen molar-refractivity contribution in [1.82, 2.24) is 14.9 Å². The first kappa shape index (κ1) is 34.1. The van der Waals surface area contributed by atoms with Gasteiger partial charge in [-0.05, 0) is 76.3 Å². The highest BCUT2D eigenvalue weighted by Crippen LogP contribution is 2.58. The van der Waals surface area contributed by atoms with E-state index in [1.54, 1.807) is 30.3 Å². The Bertz CT molecular complexity index is 1730. The average Bonchev–Trinajstić information content (AvgIpc) is 3.37. The molecule has 9 nitrogen and oxygen atoms in total. The Balaban J connectivity index is 1.34. The summed E-state index contributed by atoms with van der Waals surface area (Å²) >= 11 is 1.55. The van der Waals surface area contributed by atoms with E-state index in [0.29, 0.717) is 37.3 Å². The molecule has 0 unspecified atom stereocenters. The molecule has 3 heterocycles. The second-order valence-corrected chi connectivity index (χ2v) is 14.8. The van der Waals surface area contributed by atoms with Crippen LogP contribution in [0, 0.1) is 30.1 Å². The predicted molar refractivity (Wildman–Crippen MR) is 186 cm³/mol. The molecular formula is C38H47N3O6S. The molecule has 3 aromatic rings. The summed E-state index contributed by atoms with van der Waals surface area (Å²) in [7, 11) is 3.47. The van der Waals surface area contributed by atoms with Crippen LogP contribution >= 0.6 is 11.3 Å². The molecule has 6 rings (SSSR count). The quantitative estimate of drug-likeness (QED) is 0.190. The molecule has 256 valence electrons. The first-order valence-electron chi connectivity index (χ1n) is 17.3. The number of carbonyl (C=O) groups is 3. The number of pyridine rings is 1. The Kier molecular flexibility index (Phi) is 9.93. The fourth-order valence-corrected chi connectivity index (χ4v) is 8.39. The van der Waals surface area contributed by atoms with Gasteiger partial charge in [0, 0.05) is 48.3 Å². The van der Waals surface area contributed by atoms with Gasteiger partial charge in [0.05, 0.1) is 36.3 Å². The third-order valence-electron chi connectivity index (χ3n) is 10.4. The van der Waals surface area contributed by atoms with Crippen LogP contribution in [0.15, 0.2) is 35.7 Å². The minimum absolute atomic E-state index is 0.0161. The van der Waals surface area contributed by atoms with Gasteiger partial charge in [-0.1, -0.05) is 26.0 Å². The summed E-state index contributed by atoms with van der Waals surface area (Å²) in [5, 5.41) is 3.70. The van der Waals surface area contributed by atoms with Crippen molar-refractivity contribution in [3.8, 4) is 22.2 Å². The zero-order valence-electron chi connectivity index (χ0n) is 28.9. The average molecular weight is 674 g/mol. The molecule has 3 aliphatic rings. The molecule has 2 aliphatic carbocycles. The first-order valence-corrected chi connectivity index (χ1v) is 18.2. The number of aromatic nitrogens is 2. The molecule has 0 spiro atoms. The number of benzene rings is 1. The lowest BCUT2D eigenvalue weighted by Crippen LogP contribution is -2.38. The lowest BCUT2D eigenvalue weighted by Gasteiger charge is -2.25. The molecule has 2 fully saturated rings. The standard InChI is InChI=1S/C38H47N3O6S/c1-7-46-37(44)38-19-24(38)12-10-8-9-11-15-41(5)36(43)28-17-25(16-27(28)31(42)20-38)47-33-18-29(35-40-30(21-48-35)22(2)3)39-34-23(4)32(45-6)14-13-26(33)34/h10,12-14,18,21-22,24-25,27-28H,7-9,11,15-17,19-20H2,1-6H3/b12-10-/t24-,25-,27-,28-,38-/m1/s1. The van der Waals surface area contributed by atoms with Crippen molar-refractivity contribution in [2.24, 2.45) is 23.2 Å². The number of hydrogen-bond acceptors (Lipinski definition) is 9. The molecule has 2 saturated carbocycles. The number of esters is 1. The number of allylic oxidation sites excluding steroid dienone is 2. The fourth-order valence-electron chi connectivity index (χ4n) is 7.45. The molecule has 0 saturated heterocycles. The number of fused-ring (bicyclic) bond motifs is 3. The van der Waals surface area contributed by atoms with Gasteiger partial charge in [0.1, 0.15) is 34.1 Å². The van der Waals surface area contributed by atoms with Crippen LogP contribution in [0.25, 0.3) is 21.6 Å². The number of thiazole rings is 1. The second-order valence-electron chi connectivity index (χ2n) is 14.0. The van der Waals surface area contributed by atoms with E-state index >= 15 is 0 Å². The summed E-state index contributed by atoms with van der Waals surface area (Å²) < 4.78 is 17.9. The van der Waals surface area contributed by atoms with E-state index in [4.69, 9.17) is 24.2 Å². The molecule has 0 bridgehead atoms. The lowest BCUT2D eigenvalue weighted by molar-refractivity contribution is -0.152. The van der Waals surface area contributed by atoms with Crippen molar-refractivity contribution >= 4 is 39.9 Å². The molecule has 1 aliphatic heterocycles. The number of Topliss-reactive ketones (excluding diaryl/α,β-unsaturated/α-hetero) is 1.